The number of rotatable bonds is 2. The molecule has 0 spiro atoms. The lowest BCUT2D eigenvalue weighted by atomic mass is 10.1. The molecule has 0 saturated heterocycles. The molecule has 114 valence electrons. The number of hydrogen-bond donors (Lipinski definition) is 0. The van der Waals surface area contributed by atoms with Gasteiger partial charge in [-0.2, -0.15) is 18.2 Å². The topological polar surface area (TPSA) is 51.5 Å². The molecule has 2 rings (SSSR count). The van der Waals surface area contributed by atoms with Gasteiger partial charge in [-0.25, -0.2) is 0 Å². The van der Waals surface area contributed by atoms with E-state index in [-0.39, 0.29) is 5.90 Å². The van der Waals surface area contributed by atoms with Gasteiger partial charge in [0.25, 0.3) is 5.91 Å². The molecule has 1 aromatic carbocycles. The largest absolute Gasteiger partial charge is 0.480 e. The zero-order valence-electron chi connectivity index (χ0n) is 11.5. The Kier molecular flexibility index (Phi) is 4.55. The number of nitrogens with zero attached hydrogens (tertiary/aromatic N) is 2. The number of aliphatic imine (C=N–C) groups is 1. The molecule has 1 heterocycles. The molecule has 0 aliphatic carbocycles. The van der Waals surface area contributed by atoms with E-state index in [0.29, 0.717) is 5.56 Å². The van der Waals surface area contributed by atoms with Gasteiger partial charge in [-0.05, 0) is 24.3 Å². The quantitative estimate of drug-likeness (QED) is 0.631. The smallest absolute Gasteiger partial charge is 0.417 e. The Morgan fingerprint density at radius 2 is 1.77 bits per heavy atom. The van der Waals surface area contributed by atoms with E-state index in [1.807, 2.05) is 0 Å². The van der Waals surface area contributed by atoms with Gasteiger partial charge in [-0.15, -0.1) is 0 Å². The molecule has 2 aromatic rings. The molecular weight excluding hydrogens is 297 g/mol. The van der Waals surface area contributed by atoms with Crippen LogP contribution < -0.4 is 0 Å². The molecule has 0 atom stereocenters. The minimum absolute atomic E-state index is 0.0793. The van der Waals surface area contributed by atoms with Gasteiger partial charge in [-0.1, -0.05) is 12.1 Å². The second-order valence-corrected chi connectivity index (χ2v) is 4.21. The first-order valence-corrected chi connectivity index (χ1v) is 6.17. The maximum atomic E-state index is 12.9. The Morgan fingerprint density at radius 1 is 1.14 bits per heavy atom. The van der Waals surface area contributed by atoms with E-state index in [4.69, 9.17) is 4.74 Å². The van der Waals surface area contributed by atoms with Crippen molar-refractivity contribution in [1.82, 2.24) is 4.98 Å². The summed E-state index contributed by atoms with van der Waals surface area (Å²) in [6.07, 6.45) is -1.72. The second kappa shape index (κ2) is 6.38. The predicted octanol–water partition coefficient (Wildman–Crippen LogP) is 3.33. The first-order valence-electron chi connectivity index (χ1n) is 6.17. The Labute approximate surface area is 124 Å². The standard InChI is InChI=1S/C15H11F3N2O2/c1-22-14(10-6-8-19-9-7-10)20-13(21)11-4-2-3-5-12(11)15(16,17)18/h2-9H,1H3. The molecule has 4 nitrogen and oxygen atoms in total. The third kappa shape index (κ3) is 3.49. The molecule has 1 aromatic heterocycles. The maximum absolute atomic E-state index is 12.9. The zero-order chi connectivity index (χ0) is 16.2. The highest BCUT2D eigenvalue weighted by atomic mass is 19.4. The van der Waals surface area contributed by atoms with Gasteiger partial charge in [0.15, 0.2) is 0 Å². The van der Waals surface area contributed by atoms with E-state index in [0.717, 1.165) is 12.1 Å². The lowest BCUT2D eigenvalue weighted by Gasteiger charge is -2.10. The minimum Gasteiger partial charge on any atom is -0.480 e. The Hall–Kier alpha value is -2.70. The number of methoxy groups -OCH3 is 1. The van der Waals surface area contributed by atoms with Gasteiger partial charge in [0.05, 0.1) is 18.2 Å². The summed E-state index contributed by atoms with van der Waals surface area (Å²) in [5, 5.41) is 0. The van der Waals surface area contributed by atoms with E-state index in [1.165, 1.54) is 43.8 Å². The summed E-state index contributed by atoms with van der Waals surface area (Å²) in [5.74, 6) is -1.11. The molecule has 0 radical (unpaired) electrons. The van der Waals surface area contributed by atoms with Crippen LogP contribution in [0.1, 0.15) is 21.5 Å². The number of halogens is 3. The van der Waals surface area contributed by atoms with Crippen molar-refractivity contribution in [3.05, 3.63) is 65.5 Å². The lowest BCUT2D eigenvalue weighted by Crippen LogP contribution is -2.14. The van der Waals surface area contributed by atoms with Crippen molar-refractivity contribution >= 4 is 11.8 Å². The molecule has 0 bridgehead atoms. The van der Waals surface area contributed by atoms with Gasteiger partial charge in [0.1, 0.15) is 0 Å². The third-order valence-electron chi connectivity index (χ3n) is 2.79. The van der Waals surface area contributed by atoms with Crippen molar-refractivity contribution in [2.24, 2.45) is 4.99 Å². The highest BCUT2D eigenvalue weighted by molar-refractivity contribution is 6.07. The Morgan fingerprint density at radius 3 is 2.36 bits per heavy atom. The van der Waals surface area contributed by atoms with Crippen LogP contribution in [0, 0.1) is 0 Å². The maximum Gasteiger partial charge on any atom is 0.417 e. The number of pyridine rings is 1. The highest BCUT2D eigenvalue weighted by Crippen LogP contribution is 2.32. The fourth-order valence-corrected chi connectivity index (χ4v) is 1.79. The van der Waals surface area contributed by atoms with E-state index in [9.17, 15) is 18.0 Å². The summed E-state index contributed by atoms with van der Waals surface area (Å²) < 4.78 is 43.7. The summed E-state index contributed by atoms with van der Waals surface area (Å²) in [6, 6.07) is 7.53. The van der Waals surface area contributed by atoms with Gasteiger partial charge in [0.2, 0.25) is 5.90 Å². The number of ether oxygens (including phenoxy) is 1. The SMILES string of the molecule is COC(=NC(=O)c1ccccc1C(F)(F)F)c1ccncc1. The van der Waals surface area contributed by atoms with Crippen LogP contribution >= 0.6 is 0 Å². The van der Waals surface area contributed by atoms with Crippen molar-refractivity contribution in [2.75, 3.05) is 7.11 Å². The van der Waals surface area contributed by atoms with Crippen molar-refractivity contribution in [3.63, 3.8) is 0 Å². The van der Waals surface area contributed by atoms with Crippen LogP contribution in [-0.4, -0.2) is 23.9 Å². The predicted molar refractivity (Wildman–Crippen MR) is 73.6 cm³/mol. The number of hydrogen-bond acceptors (Lipinski definition) is 3. The Balaban J connectivity index is 2.43. The van der Waals surface area contributed by atoms with Crippen LogP contribution in [0.5, 0.6) is 0 Å². The van der Waals surface area contributed by atoms with Gasteiger partial charge in [0, 0.05) is 18.0 Å². The van der Waals surface area contributed by atoms with Crippen molar-refractivity contribution in [1.29, 1.82) is 0 Å². The molecule has 0 saturated carbocycles. The summed E-state index contributed by atoms with van der Waals surface area (Å²) in [6.45, 7) is 0. The normalized spacial score (nSPS) is 12.1. The van der Waals surface area contributed by atoms with E-state index in [2.05, 4.69) is 9.98 Å². The van der Waals surface area contributed by atoms with Crippen LogP contribution in [0.25, 0.3) is 0 Å². The van der Waals surface area contributed by atoms with E-state index < -0.39 is 23.2 Å². The van der Waals surface area contributed by atoms with Gasteiger partial charge >= 0.3 is 6.18 Å². The number of benzene rings is 1. The molecule has 7 heteroatoms. The average molecular weight is 308 g/mol. The second-order valence-electron chi connectivity index (χ2n) is 4.21. The molecule has 0 aliphatic heterocycles. The van der Waals surface area contributed by atoms with Crippen LogP contribution in [-0.2, 0) is 10.9 Å². The first kappa shape index (κ1) is 15.7. The fraction of sp³-hybridized carbons (Fsp3) is 0.133. The average Bonchev–Trinajstić information content (AvgIpc) is 2.52. The fourth-order valence-electron chi connectivity index (χ4n) is 1.79. The van der Waals surface area contributed by atoms with E-state index in [1.54, 1.807) is 0 Å². The zero-order valence-corrected chi connectivity index (χ0v) is 11.5. The third-order valence-corrected chi connectivity index (χ3v) is 2.79. The first-order chi connectivity index (χ1) is 10.4. The van der Waals surface area contributed by atoms with Gasteiger partial charge in [-0.3, -0.25) is 9.78 Å². The summed E-state index contributed by atoms with van der Waals surface area (Å²) in [4.78, 5) is 19.5. The molecule has 0 N–H and O–H groups in total. The molecule has 1 amide bonds. The molecular formula is C15H11F3N2O2. The van der Waals surface area contributed by atoms with Crippen LogP contribution in [0.4, 0.5) is 13.2 Å². The lowest BCUT2D eigenvalue weighted by molar-refractivity contribution is -0.137. The molecule has 22 heavy (non-hydrogen) atoms. The molecule has 0 unspecified atom stereocenters. The number of carbonyl (C=O) groups is 1. The van der Waals surface area contributed by atoms with E-state index >= 15 is 0 Å². The molecule has 0 fully saturated rings. The highest BCUT2D eigenvalue weighted by Gasteiger charge is 2.34. The number of aromatic nitrogens is 1. The van der Waals surface area contributed by atoms with Crippen LogP contribution in [0.2, 0.25) is 0 Å². The van der Waals surface area contributed by atoms with Crippen molar-refractivity contribution in [3.8, 4) is 0 Å². The van der Waals surface area contributed by atoms with Crippen LogP contribution in [0.3, 0.4) is 0 Å². The Bertz CT molecular complexity index is 697. The van der Waals surface area contributed by atoms with Crippen molar-refractivity contribution in [2.45, 2.75) is 6.18 Å². The summed E-state index contributed by atoms with van der Waals surface area (Å²) in [7, 11) is 1.28. The summed E-state index contributed by atoms with van der Waals surface area (Å²) in [5.41, 5.74) is -1.12. The minimum atomic E-state index is -4.63. The number of alkyl halides is 3. The van der Waals surface area contributed by atoms with Crippen LogP contribution in [0.15, 0.2) is 53.8 Å². The monoisotopic (exact) mass is 308 g/mol. The van der Waals surface area contributed by atoms with Gasteiger partial charge < -0.3 is 4.74 Å². The number of carbonyl (C=O) groups excluding carboxylic acids is 1. The number of amides is 1. The van der Waals surface area contributed by atoms with Crippen molar-refractivity contribution < 1.29 is 22.7 Å². The molecule has 0 aliphatic rings. The summed E-state index contributed by atoms with van der Waals surface area (Å²) >= 11 is 0.